The number of rotatable bonds is 6. The van der Waals surface area contributed by atoms with Crippen LogP contribution in [0.3, 0.4) is 0 Å². The van der Waals surface area contributed by atoms with Crippen molar-refractivity contribution < 1.29 is 4.74 Å². The summed E-state index contributed by atoms with van der Waals surface area (Å²) in [5.41, 5.74) is 5.30. The lowest BCUT2D eigenvalue weighted by Gasteiger charge is -2.45. The number of pyridine rings is 1. The molecule has 3 N–H and O–H groups in total. The minimum absolute atomic E-state index is 0.0381. The van der Waals surface area contributed by atoms with Crippen LogP contribution >= 0.6 is 0 Å². The van der Waals surface area contributed by atoms with E-state index in [1.165, 1.54) is 5.56 Å². The van der Waals surface area contributed by atoms with Gasteiger partial charge < -0.3 is 4.74 Å². The van der Waals surface area contributed by atoms with Gasteiger partial charge in [-0.05, 0) is 31.9 Å². The molecule has 2 rings (SSSR count). The van der Waals surface area contributed by atoms with Gasteiger partial charge in [-0.2, -0.15) is 0 Å². The molecule has 118 valence electrons. The van der Waals surface area contributed by atoms with E-state index in [1.54, 1.807) is 0 Å². The van der Waals surface area contributed by atoms with E-state index in [2.05, 4.69) is 48.2 Å². The lowest BCUT2D eigenvalue weighted by atomic mass is 9.88. The van der Waals surface area contributed by atoms with E-state index in [0.717, 1.165) is 44.8 Å². The average Bonchev–Trinajstić information content (AvgIpc) is 2.53. The zero-order chi connectivity index (χ0) is 15.3. The predicted octanol–water partition coefficient (Wildman–Crippen LogP) is 1.13. The molecule has 0 saturated carbocycles. The molecular weight excluding hydrogens is 264 g/mol. The Bertz CT molecular complexity index is 426. The van der Waals surface area contributed by atoms with Crippen molar-refractivity contribution in [2.24, 2.45) is 5.84 Å². The summed E-state index contributed by atoms with van der Waals surface area (Å²) in [6.07, 6.45) is 3.81. The van der Waals surface area contributed by atoms with E-state index in [-0.39, 0.29) is 11.6 Å². The first-order valence-electron chi connectivity index (χ1n) is 7.80. The molecule has 0 bridgehead atoms. The summed E-state index contributed by atoms with van der Waals surface area (Å²) in [5.74, 6) is 5.83. The molecule has 1 fully saturated rings. The molecule has 1 saturated heterocycles. The van der Waals surface area contributed by atoms with Gasteiger partial charge in [-0.3, -0.25) is 21.2 Å². The number of hydrogen-bond donors (Lipinski definition) is 2. The molecule has 5 heteroatoms. The van der Waals surface area contributed by atoms with Crippen molar-refractivity contribution in [3.8, 4) is 0 Å². The smallest absolute Gasteiger partial charge is 0.0594 e. The molecule has 2 heterocycles. The van der Waals surface area contributed by atoms with E-state index in [1.807, 2.05) is 6.20 Å². The van der Waals surface area contributed by atoms with E-state index in [9.17, 15) is 0 Å². The van der Waals surface area contributed by atoms with Crippen LogP contribution in [-0.4, -0.2) is 47.8 Å². The van der Waals surface area contributed by atoms with E-state index in [4.69, 9.17) is 10.6 Å². The fourth-order valence-electron chi connectivity index (χ4n) is 2.87. The van der Waals surface area contributed by atoms with Gasteiger partial charge in [0.15, 0.2) is 0 Å². The number of ether oxygens (including phenoxy) is 1. The second-order valence-electron chi connectivity index (χ2n) is 6.19. The highest BCUT2D eigenvalue weighted by Gasteiger charge is 2.35. The minimum atomic E-state index is -0.0381. The molecule has 5 nitrogen and oxygen atoms in total. The predicted molar refractivity (Wildman–Crippen MR) is 84.9 cm³/mol. The number of aryl methyl sites for hydroxylation is 1. The van der Waals surface area contributed by atoms with Crippen LogP contribution in [0.15, 0.2) is 18.3 Å². The number of aromatic nitrogens is 1. The van der Waals surface area contributed by atoms with Crippen LogP contribution in [0.1, 0.15) is 32.0 Å². The second-order valence-corrected chi connectivity index (χ2v) is 6.19. The van der Waals surface area contributed by atoms with Crippen LogP contribution in [0.2, 0.25) is 0 Å². The Kier molecular flexibility index (Phi) is 5.70. The van der Waals surface area contributed by atoms with Gasteiger partial charge in [0.1, 0.15) is 0 Å². The number of hydrazine groups is 1. The Balaban J connectivity index is 2.06. The molecule has 1 aromatic heterocycles. The second kappa shape index (κ2) is 7.31. The standard InChI is InChI=1S/C16H28N4O/c1-4-13-5-6-14(18-12-13)11-15(19-17)16(2,3)20-7-9-21-10-8-20/h5-6,12,15,19H,4,7-11,17H2,1-3H3. The van der Waals surface area contributed by atoms with Crippen LogP contribution in [0, 0.1) is 0 Å². The maximum Gasteiger partial charge on any atom is 0.0594 e. The summed E-state index contributed by atoms with van der Waals surface area (Å²) in [6, 6.07) is 4.41. The Morgan fingerprint density at radius 1 is 1.38 bits per heavy atom. The van der Waals surface area contributed by atoms with Gasteiger partial charge in [-0.15, -0.1) is 0 Å². The highest BCUT2D eigenvalue weighted by Crippen LogP contribution is 2.22. The fourth-order valence-corrected chi connectivity index (χ4v) is 2.87. The van der Waals surface area contributed by atoms with Gasteiger partial charge in [0.05, 0.1) is 13.2 Å². The van der Waals surface area contributed by atoms with E-state index >= 15 is 0 Å². The minimum Gasteiger partial charge on any atom is -0.379 e. The van der Waals surface area contributed by atoms with Gasteiger partial charge in [0.25, 0.3) is 0 Å². The molecule has 1 aromatic rings. The zero-order valence-electron chi connectivity index (χ0n) is 13.4. The van der Waals surface area contributed by atoms with Crippen molar-refractivity contribution in [2.75, 3.05) is 26.3 Å². The number of nitrogens with zero attached hydrogens (tertiary/aromatic N) is 2. The Morgan fingerprint density at radius 2 is 2.10 bits per heavy atom. The Morgan fingerprint density at radius 3 is 2.62 bits per heavy atom. The monoisotopic (exact) mass is 292 g/mol. The summed E-state index contributed by atoms with van der Waals surface area (Å²) >= 11 is 0. The highest BCUT2D eigenvalue weighted by atomic mass is 16.5. The van der Waals surface area contributed by atoms with Gasteiger partial charge >= 0.3 is 0 Å². The van der Waals surface area contributed by atoms with E-state index < -0.39 is 0 Å². The molecule has 1 atom stereocenters. The third kappa shape index (κ3) is 4.01. The van der Waals surface area contributed by atoms with Gasteiger partial charge in [0.2, 0.25) is 0 Å². The molecule has 0 radical (unpaired) electrons. The van der Waals surface area contributed by atoms with Gasteiger partial charge in [-0.25, -0.2) is 0 Å². The topological polar surface area (TPSA) is 63.4 Å². The van der Waals surface area contributed by atoms with E-state index in [0.29, 0.717) is 0 Å². The number of hydrogen-bond acceptors (Lipinski definition) is 5. The van der Waals surface area contributed by atoms with Crippen molar-refractivity contribution in [1.82, 2.24) is 15.3 Å². The molecule has 1 aliphatic rings. The van der Waals surface area contributed by atoms with Crippen molar-refractivity contribution >= 4 is 0 Å². The molecule has 0 spiro atoms. The highest BCUT2D eigenvalue weighted by molar-refractivity contribution is 5.15. The first kappa shape index (κ1) is 16.4. The maximum absolute atomic E-state index is 5.83. The van der Waals surface area contributed by atoms with Gasteiger partial charge in [0, 0.05) is 43.0 Å². The quantitative estimate of drug-likeness (QED) is 0.608. The number of morpholine rings is 1. The van der Waals surface area contributed by atoms with Crippen molar-refractivity contribution in [1.29, 1.82) is 0 Å². The largest absolute Gasteiger partial charge is 0.379 e. The lowest BCUT2D eigenvalue weighted by molar-refractivity contribution is -0.0234. The summed E-state index contributed by atoms with van der Waals surface area (Å²) in [4.78, 5) is 7.00. The van der Waals surface area contributed by atoms with Gasteiger partial charge in [-0.1, -0.05) is 13.0 Å². The van der Waals surface area contributed by atoms with Crippen molar-refractivity contribution in [3.63, 3.8) is 0 Å². The molecule has 0 aliphatic carbocycles. The summed E-state index contributed by atoms with van der Waals surface area (Å²) in [5, 5.41) is 0. The third-order valence-corrected chi connectivity index (χ3v) is 4.59. The molecular formula is C16H28N4O. The molecule has 0 amide bonds. The Hall–Kier alpha value is -1.01. The first-order chi connectivity index (χ1) is 10.1. The Labute approximate surface area is 127 Å². The normalized spacial score (nSPS) is 18.7. The fraction of sp³-hybridized carbons (Fsp3) is 0.688. The van der Waals surface area contributed by atoms with Crippen LogP contribution in [0.25, 0.3) is 0 Å². The molecule has 1 unspecified atom stereocenters. The average molecular weight is 292 g/mol. The maximum atomic E-state index is 5.83. The molecule has 1 aliphatic heterocycles. The van der Waals surface area contributed by atoms with Crippen molar-refractivity contribution in [3.05, 3.63) is 29.6 Å². The number of nitrogens with two attached hydrogens (primary N) is 1. The third-order valence-electron chi connectivity index (χ3n) is 4.59. The van der Waals surface area contributed by atoms with Crippen molar-refractivity contribution in [2.45, 2.75) is 45.2 Å². The first-order valence-corrected chi connectivity index (χ1v) is 7.80. The zero-order valence-corrected chi connectivity index (χ0v) is 13.4. The summed E-state index contributed by atoms with van der Waals surface area (Å²) in [7, 11) is 0. The lowest BCUT2D eigenvalue weighted by Crippen LogP contribution is -2.62. The molecule has 0 aromatic carbocycles. The van der Waals surface area contributed by atoms with Crippen LogP contribution in [-0.2, 0) is 17.6 Å². The van der Waals surface area contributed by atoms with Crippen LogP contribution in [0.4, 0.5) is 0 Å². The SMILES string of the molecule is CCc1ccc(CC(NN)C(C)(C)N2CCOCC2)nc1. The van der Waals surface area contributed by atoms with Crippen LogP contribution < -0.4 is 11.3 Å². The van der Waals surface area contributed by atoms with Crippen LogP contribution in [0.5, 0.6) is 0 Å². The summed E-state index contributed by atoms with van der Waals surface area (Å²) in [6.45, 7) is 10.1. The number of nitrogens with one attached hydrogen (secondary N) is 1. The summed E-state index contributed by atoms with van der Waals surface area (Å²) < 4.78 is 5.45. The molecule has 21 heavy (non-hydrogen) atoms.